The second-order valence-electron chi connectivity index (χ2n) is 6.47. The van der Waals surface area contributed by atoms with Crippen LogP contribution in [0.3, 0.4) is 0 Å². The number of rotatable bonds is 11. The second-order valence-corrected chi connectivity index (χ2v) is 6.47. The molecule has 6 nitrogen and oxygen atoms in total. The van der Waals surface area contributed by atoms with E-state index in [4.69, 9.17) is 9.47 Å². The van der Waals surface area contributed by atoms with Gasteiger partial charge in [-0.05, 0) is 50.6 Å². The normalized spacial score (nSPS) is 14.4. The lowest BCUT2D eigenvalue weighted by atomic mass is 10.2. The fourth-order valence-corrected chi connectivity index (χ4v) is 2.67. The Morgan fingerprint density at radius 2 is 1.96 bits per heavy atom. The molecule has 0 spiro atoms. The molecule has 1 aromatic rings. The van der Waals surface area contributed by atoms with Gasteiger partial charge in [0.25, 0.3) is 0 Å². The van der Waals surface area contributed by atoms with Crippen molar-refractivity contribution in [2.75, 3.05) is 39.9 Å². The molecule has 1 saturated carbocycles. The highest BCUT2D eigenvalue weighted by Gasteiger charge is 2.22. The Balaban J connectivity index is 1.93. The van der Waals surface area contributed by atoms with Gasteiger partial charge < -0.3 is 25.0 Å². The molecular weight excluding hydrogens is 328 g/mol. The van der Waals surface area contributed by atoms with Gasteiger partial charge in [0.1, 0.15) is 6.61 Å². The number of hydrogen-bond donors (Lipinski definition) is 2. The molecule has 1 aliphatic rings. The van der Waals surface area contributed by atoms with Crippen molar-refractivity contribution in [1.29, 1.82) is 0 Å². The van der Waals surface area contributed by atoms with Crippen LogP contribution in [0.2, 0.25) is 0 Å². The Kier molecular flexibility index (Phi) is 8.54. The average Bonchev–Trinajstić information content (AvgIpc) is 3.48. The largest absolute Gasteiger partial charge is 0.493 e. The summed E-state index contributed by atoms with van der Waals surface area (Å²) in [5, 5.41) is 6.72. The number of aliphatic imine (C=N–C) groups is 1. The van der Waals surface area contributed by atoms with Crippen LogP contribution in [0.25, 0.3) is 0 Å². The summed E-state index contributed by atoms with van der Waals surface area (Å²) in [4.78, 5) is 7.01. The SMILES string of the molecule is CCNC(=NCc1ccc(OCCN(CC)CC)c(OC)c1)NC1CC1. The molecule has 0 radical (unpaired) electrons. The van der Waals surface area contributed by atoms with Gasteiger partial charge in [0.15, 0.2) is 17.5 Å². The molecule has 1 aliphatic carbocycles. The van der Waals surface area contributed by atoms with E-state index in [2.05, 4.69) is 47.4 Å². The van der Waals surface area contributed by atoms with E-state index in [1.807, 2.05) is 12.1 Å². The van der Waals surface area contributed by atoms with Crippen molar-refractivity contribution in [3.63, 3.8) is 0 Å². The molecule has 2 rings (SSSR count). The number of benzene rings is 1. The number of guanidine groups is 1. The Labute approximate surface area is 158 Å². The van der Waals surface area contributed by atoms with Gasteiger partial charge in [0, 0.05) is 19.1 Å². The van der Waals surface area contributed by atoms with E-state index in [0.717, 1.165) is 49.2 Å². The first-order valence-electron chi connectivity index (χ1n) is 9.77. The van der Waals surface area contributed by atoms with Crippen LogP contribution in [0.4, 0.5) is 0 Å². The number of nitrogens with zero attached hydrogens (tertiary/aromatic N) is 2. The number of likely N-dealkylation sites (N-methyl/N-ethyl adjacent to an activating group) is 1. The van der Waals surface area contributed by atoms with Gasteiger partial charge >= 0.3 is 0 Å². The lowest BCUT2D eigenvalue weighted by Crippen LogP contribution is -2.38. The van der Waals surface area contributed by atoms with Crippen molar-refractivity contribution in [3.05, 3.63) is 23.8 Å². The smallest absolute Gasteiger partial charge is 0.191 e. The third-order valence-electron chi connectivity index (χ3n) is 4.47. The Hall–Kier alpha value is -1.95. The predicted molar refractivity (Wildman–Crippen MR) is 107 cm³/mol. The van der Waals surface area contributed by atoms with Crippen LogP contribution in [-0.4, -0.2) is 56.8 Å². The molecule has 0 aromatic heterocycles. The third kappa shape index (κ3) is 6.75. The van der Waals surface area contributed by atoms with E-state index in [-0.39, 0.29) is 0 Å². The predicted octanol–water partition coefficient (Wildman–Crippen LogP) is 2.63. The summed E-state index contributed by atoms with van der Waals surface area (Å²) in [6.07, 6.45) is 2.47. The van der Waals surface area contributed by atoms with Crippen molar-refractivity contribution in [2.45, 2.75) is 46.2 Å². The highest BCUT2D eigenvalue weighted by Crippen LogP contribution is 2.28. The quantitative estimate of drug-likeness (QED) is 0.468. The van der Waals surface area contributed by atoms with Crippen molar-refractivity contribution in [2.24, 2.45) is 4.99 Å². The minimum absolute atomic E-state index is 0.587. The van der Waals surface area contributed by atoms with Crippen LogP contribution in [0, 0.1) is 0 Å². The average molecular weight is 363 g/mol. The van der Waals surface area contributed by atoms with Gasteiger partial charge in [0.05, 0.1) is 13.7 Å². The van der Waals surface area contributed by atoms with Gasteiger partial charge in [-0.2, -0.15) is 0 Å². The summed E-state index contributed by atoms with van der Waals surface area (Å²) >= 11 is 0. The molecule has 2 N–H and O–H groups in total. The van der Waals surface area contributed by atoms with Crippen LogP contribution in [0.1, 0.15) is 39.2 Å². The summed E-state index contributed by atoms with van der Waals surface area (Å²) < 4.78 is 11.4. The highest BCUT2D eigenvalue weighted by atomic mass is 16.5. The van der Waals surface area contributed by atoms with Crippen molar-refractivity contribution in [1.82, 2.24) is 15.5 Å². The number of nitrogens with one attached hydrogen (secondary N) is 2. The number of hydrogen-bond acceptors (Lipinski definition) is 4. The molecule has 6 heteroatoms. The van der Waals surface area contributed by atoms with Crippen molar-refractivity contribution < 1.29 is 9.47 Å². The number of methoxy groups -OCH3 is 1. The lowest BCUT2D eigenvalue weighted by Gasteiger charge is -2.19. The zero-order chi connectivity index (χ0) is 18.8. The molecule has 0 aliphatic heterocycles. The van der Waals surface area contributed by atoms with Gasteiger partial charge in [-0.15, -0.1) is 0 Å². The molecule has 0 bridgehead atoms. The molecule has 0 heterocycles. The molecule has 0 unspecified atom stereocenters. The van der Waals surface area contributed by atoms with Crippen LogP contribution in [-0.2, 0) is 6.54 Å². The summed E-state index contributed by atoms with van der Waals surface area (Å²) in [5.74, 6) is 2.43. The fourth-order valence-electron chi connectivity index (χ4n) is 2.67. The maximum Gasteiger partial charge on any atom is 0.191 e. The topological polar surface area (TPSA) is 58.1 Å². The van der Waals surface area contributed by atoms with Gasteiger partial charge in [-0.3, -0.25) is 0 Å². The van der Waals surface area contributed by atoms with E-state index >= 15 is 0 Å². The summed E-state index contributed by atoms with van der Waals surface area (Å²) in [5.41, 5.74) is 1.10. The van der Waals surface area contributed by atoms with Crippen LogP contribution < -0.4 is 20.1 Å². The summed E-state index contributed by atoms with van der Waals surface area (Å²) in [7, 11) is 1.68. The van der Waals surface area contributed by atoms with Crippen LogP contribution in [0.5, 0.6) is 11.5 Å². The van der Waals surface area contributed by atoms with E-state index in [9.17, 15) is 0 Å². The van der Waals surface area contributed by atoms with Crippen molar-refractivity contribution >= 4 is 5.96 Å². The molecule has 1 fully saturated rings. The van der Waals surface area contributed by atoms with E-state index in [1.54, 1.807) is 7.11 Å². The zero-order valence-electron chi connectivity index (χ0n) is 16.7. The fraction of sp³-hybridized carbons (Fsp3) is 0.650. The molecular formula is C20H34N4O2. The molecule has 1 aromatic carbocycles. The Bertz CT molecular complexity index is 569. The lowest BCUT2D eigenvalue weighted by molar-refractivity contribution is 0.217. The van der Waals surface area contributed by atoms with Crippen molar-refractivity contribution in [3.8, 4) is 11.5 Å². The van der Waals surface area contributed by atoms with Crippen LogP contribution >= 0.6 is 0 Å². The molecule has 26 heavy (non-hydrogen) atoms. The maximum atomic E-state index is 5.92. The minimum atomic E-state index is 0.587. The Morgan fingerprint density at radius 1 is 1.19 bits per heavy atom. The summed E-state index contributed by atoms with van der Waals surface area (Å²) in [6, 6.07) is 6.63. The van der Waals surface area contributed by atoms with Gasteiger partial charge in [0.2, 0.25) is 0 Å². The monoisotopic (exact) mass is 362 g/mol. The first-order chi connectivity index (χ1) is 12.7. The minimum Gasteiger partial charge on any atom is -0.493 e. The van der Waals surface area contributed by atoms with E-state index < -0.39 is 0 Å². The first-order valence-corrected chi connectivity index (χ1v) is 9.77. The molecule has 0 saturated heterocycles. The van der Waals surface area contributed by atoms with E-state index in [1.165, 1.54) is 12.8 Å². The first kappa shape index (κ1) is 20.4. The van der Waals surface area contributed by atoms with E-state index in [0.29, 0.717) is 19.2 Å². The maximum absolute atomic E-state index is 5.92. The Morgan fingerprint density at radius 3 is 2.58 bits per heavy atom. The third-order valence-corrected chi connectivity index (χ3v) is 4.47. The number of ether oxygens (including phenoxy) is 2. The van der Waals surface area contributed by atoms with Gasteiger partial charge in [-0.25, -0.2) is 4.99 Å². The second kappa shape index (κ2) is 10.9. The molecule has 146 valence electrons. The van der Waals surface area contributed by atoms with Gasteiger partial charge in [-0.1, -0.05) is 19.9 Å². The molecule has 0 amide bonds. The standard InChI is InChI=1S/C20H34N4O2/c1-5-21-20(23-17-9-10-17)22-15-16-8-11-18(19(14-16)25-4)26-13-12-24(6-2)7-3/h8,11,14,17H,5-7,9-10,12-13,15H2,1-4H3,(H2,21,22,23). The summed E-state index contributed by atoms with van der Waals surface area (Å²) in [6.45, 7) is 11.5. The highest BCUT2D eigenvalue weighted by molar-refractivity contribution is 5.80. The molecule has 0 atom stereocenters. The zero-order valence-corrected chi connectivity index (χ0v) is 16.7. The van der Waals surface area contributed by atoms with Crippen LogP contribution in [0.15, 0.2) is 23.2 Å².